The summed E-state index contributed by atoms with van der Waals surface area (Å²) in [7, 11) is 0.864. The molecule has 82 valence electrons. The molecule has 0 aromatic carbocycles. The lowest BCUT2D eigenvalue weighted by molar-refractivity contribution is 0.110. The van der Waals surface area contributed by atoms with Crippen LogP contribution in [0.3, 0.4) is 0 Å². The minimum absolute atomic E-state index is 0.155. The molecule has 0 amide bonds. The van der Waals surface area contributed by atoms with Gasteiger partial charge in [-0.05, 0) is 20.3 Å². The number of unbranched alkanes of at least 4 members (excludes halogenated alkanes) is 1. The van der Waals surface area contributed by atoms with Crippen LogP contribution in [0.1, 0.15) is 40.0 Å². The first-order chi connectivity index (χ1) is 6.04. The van der Waals surface area contributed by atoms with Crippen LogP contribution in [0.5, 0.6) is 0 Å². The summed E-state index contributed by atoms with van der Waals surface area (Å²) in [6.07, 6.45) is 3.76. The predicted octanol–water partition coefficient (Wildman–Crippen LogP) is 0.156. The highest BCUT2D eigenvalue weighted by Crippen LogP contribution is 2.15. The van der Waals surface area contributed by atoms with Crippen LogP contribution >= 0.6 is 0 Å². The Kier molecular flexibility index (Phi) is 12.2. The Balaban J connectivity index is 0. The molecule has 0 aromatic rings. The molecule has 4 heteroatoms. The van der Waals surface area contributed by atoms with Gasteiger partial charge in [0.2, 0.25) is 0 Å². The van der Waals surface area contributed by atoms with Crippen molar-refractivity contribution in [3.8, 4) is 0 Å². The topological polar surface area (TPSA) is 61.3 Å². The fourth-order valence-corrected chi connectivity index (χ4v) is 0.909. The smallest absolute Gasteiger partial charge is 0.146 e. The van der Waals surface area contributed by atoms with E-state index in [1.807, 2.05) is 0 Å². The van der Waals surface area contributed by atoms with Crippen LogP contribution in [0, 0.1) is 0 Å². The van der Waals surface area contributed by atoms with Crippen molar-refractivity contribution < 1.29 is 4.43 Å². The third-order valence-electron chi connectivity index (χ3n) is 1.85. The molecule has 0 spiro atoms. The van der Waals surface area contributed by atoms with E-state index in [-0.39, 0.29) is 5.60 Å². The lowest BCUT2D eigenvalue weighted by atomic mass is 10.0. The SMILES string of the molecule is CCCCC(C)(C)O[SiH3].NCCN. The molecule has 0 aliphatic heterocycles. The van der Waals surface area contributed by atoms with Crippen LogP contribution in [-0.4, -0.2) is 29.2 Å². The van der Waals surface area contributed by atoms with Gasteiger partial charge in [-0.3, -0.25) is 0 Å². The van der Waals surface area contributed by atoms with Gasteiger partial charge < -0.3 is 15.9 Å². The Labute approximate surface area is 85.8 Å². The largest absolute Gasteiger partial charge is 0.423 e. The van der Waals surface area contributed by atoms with Gasteiger partial charge in [0.05, 0.1) is 0 Å². The highest BCUT2D eigenvalue weighted by Gasteiger charge is 2.13. The van der Waals surface area contributed by atoms with Gasteiger partial charge in [0.1, 0.15) is 10.5 Å². The standard InChI is InChI=1S/C7H18OSi.C2H8N2/c1-4-5-6-7(2,3)8-9;3-1-2-4/h4-6H2,1-3,9H3;1-4H2. The van der Waals surface area contributed by atoms with Crippen LogP contribution in [0.4, 0.5) is 0 Å². The summed E-state index contributed by atoms with van der Waals surface area (Å²) >= 11 is 0. The molecule has 0 rings (SSSR count). The second-order valence-corrected chi connectivity index (χ2v) is 4.05. The second-order valence-electron chi connectivity index (χ2n) is 3.64. The fraction of sp³-hybridized carbons (Fsp3) is 1.00. The zero-order valence-electron chi connectivity index (χ0n) is 9.60. The quantitative estimate of drug-likeness (QED) is 0.630. The molecule has 4 N–H and O–H groups in total. The Morgan fingerprint density at radius 1 is 1.23 bits per heavy atom. The first-order valence-corrected chi connectivity index (χ1v) is 5.81. The molecule has 0 saturated heterocycles. The molecule has 0 saturated carbocycles. The maximum Gasteiger partial charge on any atom is 0.146 e. The summed E-state index contributed by atoms with van der Waals surface area (Å²) in [5.41, 5.74) is 9.96. The van der Waals surface area contributed by atoms with E-state index in [4.69, 9.17) is 15.9 Å². The second kappa shape index (κ2) is 10.2. The fourth-order valence-electron chi connectivity index (χ4n) is 0.705. The van der Waals surface area contributed by atoms with Crippen molar-refractivity contribution in [2.24, 2.45) is 11.5 Å². The van der Waals surface area contributed by atoms with Crippen molar-refractivity contribution >= 4 is 10.5 Å². The minimum atomic E-state index is 0.155. The van der Waals surface area contributed by atoms with Gasteiger partial charge in [0.15, 0.2) is 0 Å². The highest BCUT2D eigenvalue weighted by atomic mass is 28.2. The van der Waals surface area contributed by atoms with Gasteiger partial charge in [0.25, 0.3) is 0 Å². The van der Waals surface area contributed by atoms with Crippen LogP contribution in [0.15, 0.2) is 0 Å². The average Bonchev–Trinajstić information content (AvgIpc) is 2.15. The molecular weight excluding hydrogens is 180 g/mol. The molecule has 0 aliphatic carbocycles. The van der Waals surface area contributed by atoms with Crippen molar-refractivity contribution in [3.05, 3.63) is 0 Å². The number of rotatable bonds is 5. The third-order valence-corrected chi connectivity index (χ3v) is 2.96. The van der Waals surface area contributed by atoms with Gasteiger partial charge in [-0.25, -0.2) is 0 Å². The van der Waals surface area contributed by atoms with Crippen LogP contribution in [0.25, 0.3) is 0 Å². The van der Waals surface area contributed by atoms with Gasteiger partial charge >= 0.3 is 0 Å². The number of hydrogen-bond donors (Lipinski definition) is 2. The lowest BCUT2D eigenvalue weighted by Crippen LogP contribution is -2.22. The first kappa shape index (κ1) is 15.6. The molecule has 0 heterocycles. The van der Waals surface area contributed by atoms with Crippen molar-refractivity contribution in [2.75, 3.05) is 13.1 Å². The molecule has 0 fully saturated rings. The number of nitrogens with two attached hydrogens (primary N) is 2. The Morgan fingerprint density at radius 2 is 1.69 bits per heavy atom. The maximum atomic E-state index is 5.38. The summed E-state index contributed by atoms with van der Waals surface area (Å²) < 4.78 is 5.38. The molecule has 13 heavy (non-hydrogen) atoms. The molecule has 0 radical (unpaired) electrons. The van der Waals surface area contributed by atoms with E-state index in [2.05, 4.69) is 20.8 Å². The molecule has 0 atom stereocenters. The molecule has 0 aromatic heterocycles. The van der Waals surface area contributed by atoms with Crippen LogP contribution < -0.4 is 11.5 Å². The predicted molar refractivity (Wildman–Crippen MR) is 62.7 cm³/mol. The summed E-state index contributed by atoms with van der Waals surface area (Å²) in [5.74, 6) is 0. The van der Waals surface area contributed by atoms with E-state index >= 15 is 0 Å². The van der Waals surface area contributed by atoms with Gasteiger partial charge in [-0.2, -0.15) is 0 Å². The molecule has 0 bridgehead atoms. The van der Waals surface area contributed by atoms with E-state index in [0.29, 0.717) is 13.1 Å². The molecule has 3 nitrogen and oxygen atoms in total. The van der Waals surface area contributed by atoms with Gasteiger partial charge in [-0.1, -0.05) is 19.8 Å². The van der Waals surface area contributed by atoms with Crippen LogP contribution in [0.2, 0.25) is 0 Å². The average molecular weight is 206 g/mol. The molecule has 0 unspecified atom stereocenters. The van der Waals surface area contributed by atoms with Crippen molar-refractivity contribution in [2.45, 2.75) is 45.6 Å². The lowest BCUT2D eigenvalue weighted by Gasteiger charge is -2.22. The normalized spacial score (nSPS) is 10.8. The highest BCUT2D eigenvalue weighted by molar-refractivity contribution is 5.98. The van der Waals surface area contributed by atoms with E-state index in [0.717, 1.165) is 10.5 Å². The monoisotopic (exact) mass is 206 g/mol. The zero-order valence-corrected chi connectivity index (χ0v) is 11.6. The van der Waals surface area contributed by atoms with E-state index in [1.54, 1.807) is 0 Å². The summed E-state index contributed by atoms with van der Waals surface area (Å²) in [5, 5.41) is 0. The first-order valence-electron chi connectivity index (χ1n) is 4.99. The Morgan fingerprint density at radius 3 is 1.92 bits per heavy atom. The zero-order chi connectivity index (χ0) is 10.7. The summed E-state index contributed by atoms with van der Waals surface area (Å²) in [6, 6.07) is 0. The number of hydrogen-bond acceptors (Lipinski definition) is 3. The van der Waals surface area contributed by atoms with Crippen LogP contribution in [-0.2, 0) is 4.43 Å². The maximum absolute atomic E-state index is 5.38. The summed E-state index contributed by atoms with van der Waals surface area (Å²) in [4.78, 5) is 0. The summed E-state index contributed by atoms with van der Waals surface area (Å²) in [6.45, 7) is 7.73. The molecule has 0 aliphatic rings. The van der Waals surface area contributed by atoms with Gasteiger partial charge in [0, 0.05) is 18.7 Å². The van der Waals surface area contributed by atoms with Crippen molar-refractivity contribution in [3.63, 3.8) is 0 Å². The van der Waals surface area contributed by atoms with E-state index < -0.39 is 0 Å². The Bertz CT molecular complexity index is 97.6. The van der Waals surface area contributed by atoms with Crippen molar-refractivity contribution in [1.82, 2.24) is 0 Å². The Hall–Kier alpha value is 0.0969. The van der Waals surface area contributed by atoms with Gasteiger partial charge in [-0.15, -0.1) is 0 Å². The molecular formula is C9H26N2OSi. The minimum Gasteiger partial charge on any atom is -0.423 e. The van der Waals surface area contributed by atoms with E-state index in [1.165, 1.54) is 19.3 Å². The van der Waals surface area contributed by atoms with Crippen molar-refractivity contribution in [1.29, 1.82) is 0 Å². The van der Waals surface area contributed by atoms with E-state index in [9.17, 15) is 0 Å². The third kappa shape index (κ3) is 14.9.